The zero-order chi connectivity index (χ0) is 13.9. The number of thiophene rings is 1. The fourth-order valence-corrected chi connectivity index (χ4v) is 2.99. The molecule has 2 rings (SSSR count). The van der Waals surface area contributed by atoms with Gasteiger partial charge in [-0.25, -0.2) is 13.1 Å². The molecule has 7 heteroatoms. The Hall–Kier alpha value is -1.57. The summed E-state index contributed by atoms with van der Waals surface area (Å²) in [6.07, 6.45) is 0. The van der Waals surface area contributed by atoms with Gasteiger partial charge in [-0.05, 0) is 47.6 Å². The minimum atomic E-state index is -3.45. The summed E-state index contributed by atoms with van der Waals surface area (Å²) in [5.41, 5.74) is 8.10. The molecule has 1 aromatic carbocycles. The van der Waals surface area contributed by atoms with Crippen LogP contribution < -0.4 is 15.8 Å². The van der Waals surface area contributed by atoms with Crippen LogP contribution in [-0.2, 0) is 16.6 Å². The van der Waals surface area contributed by atoms with Crippen molar-refractivity contribution in [2.45, 2.75) is 11.4 Å². The lowest BCUT2D eigenvalue weighted by Gasteiger charge is -2.11. The fraction of sp³-hybridized carbons (Fsp3) is 0.167. The van der Waals surface area contributed by atoms with E-state index in [9.17, 15) is 8.42 Å². The van der Waals surface area contributed by atoms with E-state index >= 15 is 0 Å². The highest BCUT2D eigenvalue weighted by atomic mass is 32.2. The van der Waals surface area contributed by atoms with Gasteiger partial charge in [-0.15, -0.1) is 0 Å². The van der Waals surface area contributed by atoms with Crippen LogP contribution in [0, 0.1) is 0 Å². The van der Waals surface area contributed by atoms with Gasteiger partial charge in [-0.2, -0.15) is 11.3 Å². The molecule has 0 fully saturated rings. The molecule has 0 radical (unpaired) electrons. The molecule has 102 valence electrons. The number of anilines is 2. The largest absolute Gasteiger partial charge is 0.397 e. The van der Waals surface area contributed by atoms with Gasteiger partial charge in [-0.1, -0.05) is 0 Å². The lowest BCUT2D eigenvalue weighted by molar-refractivity contribution is 0.588. The van der Waals surface area contributed by atoms with Crippen molar-refractivity contribution in [3.05, 3.63) is 40.6 Å². The van der Waals surface area contributed by atoms with Crippen LogP contribution in [0.15, 0.2) is 39.9 Å². The van der Waals surface area contributed by atoms with Crippen molar-refractivity contribution in [2.24, 2.45) is 0 Å². The Morgan fingerprint density at radius 1 is 1.32 bits per heavy atom. The summed E-state index contributed by atoms with van der Waals surface area (Å²) < 4.78 is 25.7. The Bertz CT molecular complexity index is 652. The minimum Gasteiger partial charge on any atom is -0.397 e. The van der Waals surface area contributed by atoms with Crippen LogP contribution in [0.4, 0.5) is 11.4 Å². The SMILES string of the molecule is CNS(=O)(=O)c1ccc(N)c(NCc2ccsc2)c1. The molecule has 0 aliphatic rings. The molecule has 0 bridgehead atoms. The van der Waals surface area contributed by atoms with Crippen molar-refractivity contribution in [1.29, 1.82) is 0 Å². The van der Waals surface area contributed by atoms with E-state index in [1.54, 1.807) is 17.4 Å². The third kappa shape index (κ3) is 3.25. The molecule has 0 unspecified atom stereocenters. The van der Waals surface area contributed by atoms with Gasteiger partial charge in [-0.3, -0.25) is 0 Å². The Morgan fingerprint density at radius 3 is 2.74 bits per heavy atom. The monoisotopic (exact) mass is 297 g/mol. The van der Waals surface area contributed by atoms with Gasteiger partial charge < -0.3 is 11.1 Å². The van der Waals surface area contributed by atoms with Crippen molar-refractivity contribution in [2.75, 3.05) is 18.1 Å². The van der Waals surface area contributed by atoms with Crippen LogP contribution in [0.1, 0.15) is 5.56 Å². The second-order valence-electron chi connectivity index (χ2n) is 3.94. The molecule has 2 aromatic rings. The Morgan fingerprint density at radius 2 is 2.11 bits per heavy atom. The molecule has 0 spiro atoms. The van der Waals surface area contributed by atoms with E-state index in [0.717, 1.165) is 5.56 Å². The number of nitrogens with one attached hydrogen (secondary N) is 2. The van der Waals surface area contributed by atoms with Gasteiger partial charge in [0.15, 0.2) is 0 Å². The topological polar surface area (TPSA) is 84.2 Å². The average molecular weight is 297 g/mol. The molecule has 19 heavy (non-hydrogen) atoms. The second-order valence-corrected chi connectivity index (χ2v) is 6.61. The van der Waals surface area contributed by atoms with E-state index in [0.29, 0.717) is 17.9 Å². The summed E-state index contributed by atoms with van der Waals surface area (Å²) >= 11 is 1.61. The quantitative estimate of drug-likeness (QED) is 0.735. The van der Waals surface area contributed by atoms with Crippen LogP contribution in [0.5, 0.6) is 0 Å². The zero-order valence-corrected chi connectivity index (χ0v) is 12.0. The predicted octanol–water partition coefficient (Wildman–Crippen LogP) is 1.85. The maximum atomic E-state index is 11.7. The second kappa shape index (κ2) is 5.60. The van der Waals surface area contributed by atoms with Crippen molar-refractivity contribution in [1.82, 2.24) is 4.72 Å². The number of nitrogens with two attached hydrogens (primary N) is 1. The molecular formula is C12H15N3O2S2. The number of rotatable bonds is 5. The third-order valence-corrected chi connectivity index (χ3v) is 4.81. The summed E-state index contributed by atoms with van der Waals surface area (Å²) in [4.78, 5) is 0.192. The number of hydrogen-bond donors (Lipinski definition) is 3. The molecule has 0 aliphatic carbocycles. The maximum Gasteiger partial charge on any atom is 0.240 e. The normalized spacial score (nSPS) is 11.4. The molecule has 0 saturated heterocycles. The molecular weight excluding hydrogens is 282 g/mol. The van der Waals surface area contributed by atoms with Gasteiger partial charge in [0.1, 0.15) is 0 Å². The van der Waals surface area contributed by atoms with E-state index in [4.69, 9.17) is 5.73 Å². The van der Waals surface area contributed by atoms with E-state index in [1.807, 2.05) is 16.8 Å². The lowest BCUT2D eigenvalue weighted by atomic mass is 10.2. The molecule has 1 aromatic heterocycles. The highest BCUT2D eigenvalue weighted by Gasteiger charge is 2.13. The first-order chi connectivity index (χ1) is 9.03. The van der Waals surface area contributed by atoms with Gasteiger partial charge in [0.2, 0.25) is 10.0 Å². The molecule has 0 aliphatic heterocycles. The van der Waals surface area contributed by atoms with Crippen LogP contribution in [0.3, 0.4) is 0 Å². The average Bonchev–Trinajstić information content (AvgIpc) is 2.90. The van der Waals surface area contributed by atoms with Gasteiger partial charge in [0.25, 0.3) is 0 Å². The van der Waals surface area contributed by atoms with E-state index < -0.39 is 10.0 Å². The first-order valence-electron chi connectivity index (χ1n) is 5.61. The molecule has 0 amide bonds. The predicted molar refractivity (Wildman–Crippen MR) is 78.7 cm³/mol. The number of hydrogen-bond acceptors (Lipinski definition) is 5. The fourth-order valence-electron chi connectivity index (χ4n) is 1.56. The molecule has 5 nitrogen and oxygen atoms in total. The summed E-state index contributed by atoms with van der Waals surface area (Å²) in [7, 11) is -2.07. The van der Waals surface area contributed by atoms with Gasteiger partial charge in [0.05, 0.1) is 16.3 Å². The summed E-state index contributed by atoms with van der Waals surface area (Å²) in [5.74, 6) is 0. The highest BCUT2D eigenvalue weighted by molar-refractivity contribution is 7.89. The standard InChI is InChI=1S/C12H15N3O2S2/c1-14-19(16,17)10-2-3-11(13)12(6-10)15-7-9-4-5-18-8-9/h2-6,8,14-15H,7,13H2,1H3. The van der Waals surface area contributed by atoms with E-state index in [1.165, 1.54) is 19.2 Å². The maximum absolute atomic E-state index is 11.7. The number of nitrogen functional groups attached to an aromatic ring is 1. The summed E-state index contributed by atoms with van der Waals surface area (Å²) in [5, 5.41) is 7.15. The van der Waals surface area contributed by atoms with E-state index in [2.05, 4.69) is 10.0 Å². The molecule has 0 saturated carbocycles. The van der Waals surface area contributed by atoms with Crippen LogP contribution in [0.2, 0.25) is 0 Å². The number of benzene rings is 1. The van der Waals surface area contributed by atoms with Gasteiger partial charge >= 0.3 is 0 Å². The smallest absolute Gasteiger partial charge is 0.240 e. The summed E-state index contributed by atoms with van der Waals surface area (Å²) in [6, 6.07) is 6.60. The van der Waals surface area contributed by atoms with Crippen molar-refractivity contribution in [3.63, 3.8) is 0 Å². The third-order valence-electron chi connectivity index (χ3n) is 2.67. The molecule has 0 atom stereocenters. The van der Waals surface area contributed by atoms with Crippen LogP contribution in [0.25, 0.3) is 0 Å². The lowest BCUT2D eigenvalue weighted by Crippen LogP contribution is -2.18. The first kappa shape index (κ1) is 13.9. The number of sulfonamides is 1. The molecule has 1 heterocycles. The Kier molecular flexibility index (Phi) is 4.08. The van der Waals surface area contributed by atoms with Gasteiger partial charge in [0, 0.05) is 6.54 Å². The zero-order valence-electron chi connectivity index (χ0n) is 10.4. The van der Waals surface area contributed by atoms with Crippen molar-refractivity contribution < 1.29 is 8.42 Å². The summed E-state index contributed by atoms with van der Waals surface area (Å²) in [6.45, 7) is 0.608. The minimum absolute atomic E-state index is 0.192. The highest BCUT2D eigenvalue weighted by Crippen LogP contribution is 2.23. The van der Waals surface area contributed by atoms with E-state index in [-0.39, 0.29) is 4.90 Å². The van der Waals surface area contributed by atoms with Crippen LogP contribution in [-0.4, -0.2) is 15.5 Å². The molecule has 4 N–H and O–H groups in total. The Balaban J connectivity index is 2.22. The van der Waals surface area contributed by atoms with Crippen molar-refractivity contribution >= 4 is 32.7 Å². The first-order valence-corrected chi connectivity index (χ1v) is 8.03. The van der Waals surface area contributed by atoms with Crippen LogP contribution >= 0.6 is 11.3 Å². The van der Waals surface area contributed by atoms with Crippen molar-refractivity contribution in [3.8, 4) is 0 Å². The Labute approximate surface area is 116 Å².